The lowest BCUT2D eigenvalue weighted by atomic mass is 9.91. The molecular formula is C7H13P. The van der Waals surface area contributed by atoms with E-state index in [0.717, 1.165) is 5.92 Å². The normalized spacial score (nSPS) is 30.6. The summed E-state index contributed by atoms with van der Waals surface area (Å²) in [6.07, 6.45) is 5.38. The fourth-order valence-electron chi connectivity index (χ4n) is 1.11. The van der Waals surface area contributed by atoms with Gasteiger partial charge in [-0.2, -0.15) is 0 Å². The van der Waals surface area contributed by atoms with Crippen LogP contribution < -0.4 is 0 Å². The predicted octanol–water partition coefficient (Wildman–Crippen LogP) is 2.51. The van der Waals surface area contributed by atoms with Gasteiger partial charge in [0.05, 0.1) is 0 Å². The molecule has 8 heavy (non-hydrogen) atoms. The number of hydrogen-bond donors (Lipinski definition) is 0. The van der Waals surface area contributed by atoms with Crippen molar-refractivity contribution >= 4 is 14.2 Å². The molecule has 1 saturated carbocycles. The van der Waals surface area contributed by atoms with Crippen LogP contribution in [0, 0.1) is 5.92 Å². The minimum absolute atomic E-state index is 0.968. The first kappa shape index (κ1) is 6.29. The van der Waals surface area contributed by atoms with Gasteiger partial charge in [0.15, 0.2) is 0 Å². The SMILES string of the molecule is CC1CCC(=P)CC1. The van der Waals surface area contributed by atoms with Gasteiger partial charge in [-0.25, -0.2) is 0 Å². The van der Waals surface area contributed by atoms with Crippen molar-refractivity contribution in [2.24, 2.45) is 5.92 Å². The van der Waals surface area contributed by atoms with Crippen LogP contribution in [0.4, 0.5) is 0 Å². The van der Waals surface area contributed by atoms with E-state index in [4.69, 9.17) is 0 Å². The molecule has 46 valence electrons. The molecule has 0 atom stereocenters. The molecule has 1 rings (SSSR count). The molecule has 0 nitrogen and oxygen atoms in total. The molecule has 0 radical (unpaired) electrons. The van der Waals surface area contributed by atoms with E-state index in [1.165, 1.54) is 31.0 Å². The van der Waals surface area contributed by atoms with Gasteiger partial charge in [-0.1, -0.05) is 12.2 Å². The maximum absolute atomic E-state index is 3.58. The van der Waals surface area contributed by atoms with Crippen molar-refractivity contribution in [1.29, 1.82) is 0 Å². The van der Waals surface area contributed by atoms with Gasteiger partial charge in [-0.15, -0.1) is 8.86 Å². The van der Waals surface area contributed by atoms with Crippen molar-refractivity contribution in [3.8, 4) is 0 Å². The van der Waals surface area contributed by atoms with Gasteiger partial charge in [-0.3, -0.25) is 0 Å². The van der Waals surface area contributed by atoms with Gasteiger partial charge in [0.25, 0.3) is 0 Å². The second-order valence-electron chi connectivity index (χ2n) is 2.79. The van der Waals surface area contributed by atoms with Crippen LogP contribution in [0.1, 0.15) is 32.6 Å². The Labute approximate surface area is 53.5 Å². The Morgan fingerprint density at radius 2 is 1.88 bits per heavy atom. The lowest BCUT2D eigenvalue weighted by Gasteiger charge is -2.17. The number of rotatable bonds is 0. The van der Waals surface area contributed by atoms with Crippen LogP contribution >= 0.6 is 8.86 Å². The minimum atomic E-state index is 0.968. The third-order valence-electron chi connectivity index (χ3n) is 1.88. The Kier molecular flexibility index (Phi) is 2.08. The maximum Gasteiger partial charge on any atom is -0.0277 e. The summed E-state index contributed by atoms with van der Waals surface area (Å²) in [6.45, 7) is 2.33. The fraction of sp³-hybridized carbons (Fsp3) is 0.857. The Bertz CT molecular complexity index is 86.6. The fourth-order valence-corrected chi connectivity index (χ4v) is 1.40. The van der Waals surface area contributed by atoms with E-state index < -0.39 is 0 Å². The van der Waals surface area contributed by atoms with Gasteiger partial charge < -0.3 is 0 Å². The first-order valence-corrected chi connectivity index (χ1v) is 3.85. The molecule has 0 unspecified atom stereocenters. The second-order valence-corrected chi connectivity index (χ2v) is 3.49. The first-order valence-electron chi connectivity index (χ1n) is 3.35. The summed E-state index contributed by atoms with van der Waals surface area (Å²) < 4.78 is 0. The summed E-state index contributed by atoms with van der Waals surface area (Å²) >= 11 is 0. The monoisotopic (exact) mass is 128 g/mol. The molecule has 0 bridgehead atoms. The predicted molar refractivity (Wildman–Crippen MR) is 41.0 cm³/mol. The topological polar surface area (TPSA) is 0 Å². The Morgan fingerprint density at radius 1 is 1.38 bits per heavy atom. The van der Waals surface area contributed by atoms with Gasteiger partial charge in [-0.05, 0) is 31.6 Å². The molecule has 1 heteroatoms. The third kappa shape index (κ3) is 1.59. The van der Waals surface area contributed by atoms with Gasteiger partial charge in [0, 0.05) is 0 Å². The van der Waals surface area contributed by atoms with E-state index in [0.29, 0.717) is 0 Å². The summed E-state index contributed by atoms with van der Waals surface area (Å²) in [6, 6.07) is 0. The van der Waals surface area contributed by atoms with Gasteiger partial charge in [0.1, 0.15) is 0 Å². The van der Waals surface area contributed by atoms with Crippen LogP contribution in [0.5, 0.6) is 0 Å². The summed E-state index contributed by atoms with van der Waals surface area (Å²) in [5, 5.41) is 1.52. The van der Waals surface area contributed by atoms with E-state index in [1.54, 1.807) is 0 Å². The van der Waals surface area contributed by atoms with Crippen molar-refractivity contribution in [1.82, 2.24) is 0 Å². The second kappa shape index (κ2) is 2.64. The van der Waals surface area contributed by atoms with Crippen LogP contribution in [-0.4, -0.2) is 5.29 Å². The van der Waals surface area contributed by atoms with Crippen LogP contribution in [0.15, 0.2) is 0 Å². The zero-order chi connectivity index (χ0) is 5.98. The lowest BCUT2D eigenvalue weighted by molar-refractivity contribution is 0.487. The maximum atomic E-state index is 3.58. The molecule has 0 aromatic rings. The molecule has 1 aliphatic carbocycles. The molecule has 1 fully saturated rings. The van der Waals surface area contributed by atoms with Crippen LogP contribution in [0.2, 0.25) is 0 Å². The number of hydrogen-bond acceptors (Lipinski definition) is 0. The Morgan fingerprint density at radius 3 is 2.25 bits per heavy atom. The Balaban J connectivity index is 2.29. The average Bonchev–Trinajstić information content (AvgIpc) is 1.77. The van der Waals surface area contributed by atoms with E-state index in [2.05, 4.69) is 15.8 Å². The highest BCUT2D eigenvalue weighted by Gasteiger charge is 2.09. The van der Waals surface area contributed by atoms with Crippen molar-refractivity contribution < 1.29 is 0 Å². The summed E-state index contributed by atoms with van der Waals surface area (Å²) in [5.41, 5.74) is 0. The summed E-state index contributed by atoms with van der Waals surface area (Å²) in [5.74, 6) is 0.968. The molecule has 0 spiro atoms. The molecule has 0 saturated heterocycles. The zero-order valence-corrected chi connectivity index (χ0v) is 6.41. The van der Waals surface area contributed by atoms with E-state index in [-0.39, 0.29) is 0 Å². The summed E-state index contributed by atoms with van der Waals surface area (Å²) in [7, 11) is 3.58. The minimum Gasteiger partial charge on any atom is -0.123 e. The molecule has 0 N–H and O–H groups in total. The van der Waals surface area contributed by atoms with E-state index in [1.807, 2.05) is 0 Å². The molecule has 0 aromatic heterocycles. The highest BCUT2D eigenvalue weighted by atomic mass is 31.0. The average molecular weight is 128 g/mol. The Hall–Kier alpha value is 0.170. The summed E-state index contributed by atoms with van der Waals surface area (Å²) in [4.78, 5) is 0. The van der Waals surface area contributed by atoms with Crippen molar-refractivity contribution in [3.05, 3.63) is 0 Å². The highest BCUT2D eigenvalue weighted by Crippen LogP contribution is 2.21. The molecule has 1 aliphatic rings. The first-order chi connectivity index (χ1) is 3.79. The third-order valence-corrected chi connectivity index (χ3v) is 2.38. The molecule has 0 heterocycles. The van der Waals surface area contributed by atoms with Gasteiger partial charge in [0.2, 0.25) is 0 Å². The van der Waals surface area contributed by atoms with Crippen molar-refractivity contribution in [2.75, 3.05) is 0 Å². The van der Waals surface area contributed by atoms with Crippen LogP contribution in [-0.2, 0) is 0 Å². The zero-order valence-electron chi connectivity index (χ0n) is 5.41. The largest absolute Gasteiger partial charge is 0.123 e. The molecular weight excluding hydrogens is 115 g/mol. The van der Waals surface area contributed by atoms with E-state index in [9.17, 15) is 0 Å². The van der Waals surface area contributed by atoms with Gasteiger partial charge >= 0.3 is 0 Å². The van der Waals surface area contributed by atoms with Crippen LogP contribution in [0.3, 0.4) is 0 Å². The van der Waals surface area contributed by atoms with E-state index >= 15 is 0 Å². The molecule has 0 aliphatic heterocycles. The van der Waals surface area contributed by atoms with Crippen molar-refractivity contribution in [2.45, 2.75) is 32.6 Å². The smallest absolute Gasteiger partial charge is 0.0277 e. The molecule has 0 amide bonds. The van der Waals surface area contributed by atoms with Crippen LogP contribution in [0.25, 0.3) is 0 Å². The van der Waals surface area contributed by atoms with Crippen molar-refractivity contribution in [3.63, 3.8) is 0 Å². The lowest BCUT2D eigenvalue weighted by Crippen LogP contribution is -2.08. The molecule has 0 aromatic carbocycles. The quantitative estimate of drug-likeness (QED) is 0.440. The standard InChI is InChI=1S/C7H13P/c1-6-2-4-7(8)5-3-6/h6,8H,2-5H2,1H3. The highest BCUT2D eigenvalue weighted by molar-refractivity contribution is 7.21.